The number of carbonyl (C=O) groups is 4. The van der Waals surface area contributed by atoms with E-state index < -0.39 is 40.7 Å². The lowest BCUT2D eigenvalue weighted by Gasteiger charge is -2.59. The van der Waals surface area contributed by atoms with Crippen molar-refractivity contribution in [3.8, 4) is 0 Å². The second-order valence-electron chi connectivity index (χ2n) is 12.8. The molecule has 0 aliphatic heterocycles. The summed E-state index contributed by atoms with van der Waals surface area (Å²) in [6.45, 7) is 13.7. The summed E-state index contributed by atoms with van der Waals surface area (Å²) in [6.07, 6.45) is 4.04. The molecule has 4 aliphatic carbocycles. The lowest BCUT2D eigenvalue weighted by Crippen LogP contribution is -2.65. The van der Waals surface area contributed by atoms with Crippen molar-refractivity contribution in [2.24, 2.45) is 58.2 Å². The van der Waals surface area contributed by atoms with E-state index in [4.69, 9.17) is 0 Å². The molecule has 11 atom stereocenters. The van der Waals surface area contributed by atoms with Crippen LogP contribution < -0.4 is 0 Å². The SMILES string of the molecule is C=C(CC[C@@H](C)[C@H]1CC[C@H]2C3C(=O)C[C@H]4[C@H](C)[C@H](O)CC[C@]4(C)C3C(=O)C(=O)[C@]12C)[C@H](C)C(=O)O. The minimum Gasteiger partial charge on any atom is -0.481 e. The summed E-state index contributed by atoms with van der Waals surface area (Å²) in [6, 6.07) is 0. The second-order valence-corrected chi connectivity index (χ2v) is 12.8. The number of aliphatic hydroxyl groups is 1. The number of carbonyl (C=O) groups excluding carboxylic acids is 3. The third-order valence-electron chi connectivity index (χ3n) is 11.3. The van der Waals surface area contributed by atoms with Crippen molar-refractivity contribution in [1.82, 2.24) is 0 Å². The zero-order valence-electron chi connectivity index (χ0n) is 21.9. The van der Waals surface area contributed by atoms with Crippen LogP contribution in [-0.2, 0) is 19.2 Å². The number of fused-ring (bicyclic) bond motifs is 5. The van der Waals surface area contributed by atoms with Gasteiger partial charge in [-0.2, -0.15) is 0 Å². The maximum Gasteiger partial charge on any atom is 0.310 e. The second kappa shape index (κ2) is 8.93. The Kier molecular flexibility index (Phi) is 6.70. The van der Waals surface area contributed by atoms with Crippen LogP contribution in [0.15, 0.2) is 12.2 Å². The lowest BCUT2D eigenvalue weighted by atomic mass is 9.42. The summed E-state index contributed by atoms with van der Waals surface area (Å²) < 4.78 is 0. The number of hydrogen-bond donors (Lipinski definition) is 2. The van der Waals surface area contributed by atoms with Gasteiger partial charge < -0.3 is 10.2 Å². The quantitative estimate of drug-likeness (QED) is 0.423. The standard InChI is InChI=1S/C29H42O6/c1-14(16(3)27(34)35)7-8-15(2)18-9-10-19-23-22(31)13-20-17(4)21(30)11-12-28(20,5)24(23)25(32)26(33)29(18,19)6/h15-21,23-24,30H,1,7-13H2,2-6H3,(H,34,35)/t15-,16+,17+,18-,19+,20+,21-,23?,24?,28+,29-/m1/s1. The fourth-order valence-electron chi connectivity index (χ4n) is 8.86. The summed E-state index contributed by atoms with van der Waals surface area (Å²) in [5.41, 5.74) is -0.610. The van der Waals surface area contributed by atoms with Gasteiger partial charge in [0.25, 0.3) is 0 Å². The Morgan fingerprint density at radius 1 is 1.11 bits per heavy atom. The number of rotatable bonds is 6. The molecule has 2 unspecified atom stereocenters. The molecule has 6 heteroatoms. The third-order valence-corrected chi connectivity index (χ3v) is 11.3. The molecule has 194 valence electrons. The summed E-state index contributed by atoms with van der Waals surface area (Å²) in [7, 11) is 0. The maximum absolute atomic E-state index is 13.9. The van der Waals surface area contributed by atoms with Crippen LogP contribution >= 0.6 is 0 Å². The first-order valence-corrected chi connectivity index (χ1v) is 13.5. The van der Waals surface area contributed by atoms with Gasteiger partial charge in [-0.15, -0.1) is 0 Å². The predicted molar refractivity (Wildman–Crippen MR) is 131 cm³/mol. The Hall–Kier alpha value is -1.82. The first-order chi connectivity index (χ1) is 16.3. The number of aliphatic carboxylic acids is 1. The van der Waals surface area contributed by atoms with Crippen LogP contribution in [0, 0.1) is 58.2 Å². The third kappa shape index (κ3) is 3.77. The van der Waals surface area contributed by atoms with E-state index in [1.807, 2.05) is 13.8 Å². The maximum atomic E-state index is 13.9. The van der Waals surface area contributed by atoms with Crippen LogP contribution in [-0.4, -0.2) is 39.6 Å². The summed E-state index contributed by atoms with van der Waals surface area (Å²) >= 11 is 0. The molecule has 0 aromatic rings. The van der Waals surface area contributed by atoms with Gasteiger partial charge in [-0.25, -0.2) is 0 Å². The van der Waals surface area contributed by atoms with Crippen molar-refractivity contribution in [2.75, 3.05) is 0 Å². The molecule has 0 saturated heterocycles. The van der Waals surface area contributed by atoms with Gasteiger partial charge in [0.05, 0.1) is 12.0 Å². The minimum absolute atomic E-state index is 0.0109. The minimum atomic E-state index is -0.887. The molecule has 4 saturated carbocycles. The number of ketones is 3. The highest BCUT2D eigenvalue weighted by Crippen LogP contribution is 2.66. The number of carboxylic acids is 1. The van der Waals surface area contributed by atoms with Crippen LogP contribution in [0.2, 0.25) is 0 Å². The van der Waals surface area contributed by atoms with Crippen molar-refractivity contribution in [2.45, 2.75) is 85.7 Å². The highest BCUT2D eigenvalue weighted by atomic mass is 16.4. The van der Waals surface area contributed by atoms with Gasteiger partial charge in [0.2, 0.25) is 11.6 Å². The molecule has 35 heavy (non-hydrogen) atoms. The van der Waals surface area contributed by atoms with Crippen LogP contribution in [0.25, 0.3) is 0 Å². The molecule has 0 aromatic carbocycles. The van der Waals surface area contributed by atoms with Crippen molar-refractivity contribution >= 4 is 23.3 Å². The van der Waals surface area contributed by atoms with Crippen LogP contribution in [0.3, 0.4) is 0 Å². The summed E-state index contributed by atoms with van der Waals surface area (Å²) in [4.78, 5) is 52.7. The number of Topliss-reactive ketones (excluding diaryl/α,β-unsaturated/α-hetero) is 3. The van der Waals surface area contributed by atoms with Gasteiger partial charge in [0, 0.05) is 23.7 Å². The molecule has 4 aliphatic rings. The van der Waals surface area contributed by atoms with E-state index in [0.29, 0.717) is 37.7 Å². The highest BCUT2D eigenvalue weighted by Gasteiger charge is 2.70. The molecule has 0 spiro atoms. The highest BCUT2D eigenvalue weighted by molar-refractivity contribution is 6.41. The first-order valence-electron chi connectivity index (χ1n) is 13.5. The normalized spacial score (nSPS) is 44.7. The summed E-state index contributed by atoms with van der Waals surface area (Å²) in [5.74, 6) is -3.19. The van der Waals surface area contributed by atoms with E-state index in [9.17, 15) is 29.4 Å². The molecule has 0 heterocycles. The molecular weight excluding hydrogens is 444 g/mol. The Morgan fingerprint density at radius 2 is 1.77 bits per heavy atom. The fraction of sp³-hybridized carbons (Fsp3) is 0.793. The van der Waals surface area contributed by atoms with Crippen LogP contribution in [0.1, 0.15) is 79.6 Å². The van der Waals surface area contributed by atoms with E-state index in [1.54, 1.807) is 6.92 Å². The van der Waals surface area contributed by atoms with Gasteiger partial charge >= 0.3 is 5.97 Å². The fourth-order valence-corrected chi connectivity index (χ4v) is 8.86. The van der Waals surface area contributed by atoms with Gasteiger partial charge in [-0.1, -0.05) is 39.8 Å². The molecule has 6 nitrogen and oxygen atoms in total. The van der Waals surface area contributed by atoms with Gasteiger partial charge in [0.15, 0.2) is 0 Å². The van der Waals surface area contributed by atoms with Crippen molar-refractivity contribution in [3.63, 3.8) is 0 Å². The van der Waals surface area contributed by atoms with Gasteiger partial charge in [-0.3, -0.25) is 19.2 Å². The Morgan fingerprint density at radius 3 is 2.40 bits per heavy atom. The van der Waals surface area contributed by atoms with Crippen molar-refractivity contribution in [3.05, 3.63) is 12.2 Å². The van der Waals surface area contributed by atoms with Crippen molar-refractivity contribution < 1.29 is 29.4 Å². The van der Waals surface area contributed by atoms with E-state index in [-0.39, 0.29) is 46.9 Å². The Balaban J connectivity index is 1.61. The van der Waals surface area contributed by atoms with Gasteiger partial charge in [-0.05, 0) is 80.5 Å². The number of carboxylic acid groups (broad SMARTS) is 1. The Labute approximate surface area is 208 Å². The van der Waals surface area contributed by atoms with Crippen molar-refractivity contribution in [1.29, 1.82) is 0 Å². The van der Waals surface area contributed by atoms with Crippen LogP contribution in [0.5, 0.6) is 0 Å². The molecule has 0 amide bonds. The molecule has 4 rings (SSSR count). The molecule has 4 fully saturated rings. The number of aliphatic hydroxyl groups excluding tert-OH is 1. The Bertz CT molecular complexity index is 953. The van der Waals surface area contributed by atoms with E-state index in [0.717, 1.165) is 12.8 Å². The average molecular weight is 487 g/mol. The molecule has 0 radical (unpaired) electrons. The summed E-state index contributed by atoms with van der Waals surface area (Å²) in [5, 5.41) is 19.7. The molecule has 0 bridgehead atoms. The van der Waals surface area contributed by atoms with E-state index in [1.165, 1.54) is 0 Å². The van der Waals surface area contributed by atoms with E-state index >= 15 is 0 Å². The topological polar surface area (TPSA) is 109 Å². The zero-order valence-corrected chi connectivity index (χ0v) is 21.9. The predicted octanol–water partition coefficient (Wildman–Crippen LogP) is 4.48. The molecule has 0 aromatic heterocycles. The monoisotopic (exact) mass is 486 g/mol. The molecule has 2 N–H and O–H groups in total. The first kappa shape index (κ1) is 26.2. The van der Waals surface area contributed by atoms with E-state index in [2.05, 4.69) is 20.4 Å². The smallest absolute Gasteiger partial charge is 0.310 e. The van der Waals surface area contributed by atoms with Gasteiger partial charge in [0.1, 0.15) is 5.78 Å². The largest absolute Gasteiger partial charge is 0.481 e. The number of hydrogen-bond acceptors (Lipinski definition) is 5. The zero-order chi connectivity index (χ0) is 26.0. The lowest BCUT2D eigenvalue weighted by molar-refractivity contribution is -0.180. The van der Waals surface area contributed by atoms with Crippen LogP contribution in [0.4, 0.5) is 0 Å². The molecular formula is C29H42O6. The average Bonchev–Trinajstić information content (AvgIpc) is 3.16.